The highest BCUT2D eigenvalue weighted by atomic mass is 32.2. The van der Waals surface area contributed by atoms with E-state index in [-0.39, 0.29) is 12.1 Å². The molecule has 2 aromatic carbocycles. The predicted molar refractivity (Wildman–Crippen MR) is 104 cm³/mol. The quantitative estimate of drug-likeness (QED) is 0.746. The molecule has 146 valence electrons. The topological polar surface area (TPSA) is 75.7 Å². The third-order valence-electron chi connectivity index (χ3n) is 3.92. The van der Waals surface area contributed by atoms with Gasteiger partial charge in [0.25, 0.3) is 0 Å². The molecule has 2 rings (SSSR count). The monoisotopic (exact) mass is 394 g/mol. The molecule has 8 heteroatoms. The zero-order chi connectivity index (χ0) is 20.0. The van der Waals surface area contributed by atoms with Gasteiger partial charge in [0.15, 0.2) is 0 Å². The molecular formula is C19H23FN2O4S. The Morgan fingerprint density at radius 2 is 1.89 bits per heavy atom. The van der Waals surface area contributed by atoms with Crippen LogP contribution in [0.2, 0.25) is 0 Å². The number of benzene rings is 2. The summed E-state index contributed by atoms with van der Waals surface area (Å²) < 4.78 is 44.0. The summed E-state index contributed by atoms with van der Waals surface area (Å²) in [6, 6.07) is 11.1. The van der Waals surface area contributed by atoms with Gasteiger partial charge in [-0.2, -0.15) is 0 Å². The normalized spacial score (nSPS) is 12.4. The summed E-state index contributed by atoms with van der Waals surface area (Å²) in [5.74, 6) is -0.957. The summed E-state index contributed by atoms with van der Waals surface area (Å²) in [6.45, 7) is 2.11. The zero-order valence-corrected chi connectivity index (χ0v) is 16.3. The van der Waals surface area contributed by atoms with Crippen LogP contribution in [0.1, 0.15) is 18.9 Å². The number of carbonyl (C=O) groups is 1. The summed E-state index contributed by atoms with van der Waals surface area (Å²) in [7, 11) is -2.19. The molecule has 0 fully saturated rings. The number of ether oxygens (including phenoxy) is 1. The molecule has 27 heavy (non-hydrogen) atoms. The number of nitrogens with zero attached hydrogens (tertiary/aromatic N) is 1. The molecular weight excluding hydrogens is 371 g/mol. The van der Waals surface area contributed by atoms with E-state index in [0.717, 1.165) is 28.3 Å². The van der Waals surface area contributed by atoms with Crippen LogP contribution in [0.5, 0.6) is 0 Å². The van der Waals surface area contributed by atoms with E-state index in [2.05, 4.69) is 5.32 Å². The van der Waals surface area contributed by atoms with Gasteiger partial charge in [-0.05, 0) is 48.4 Å². The first kappa shape index (κ1) is 20.9. The van der Waals surface area contributed by atoms with E-state index in [1.54, 1.807) is 32.2 Å². The van der Waals surface area contributed by atoms with Crippen LogP contribution < -0.4 is 9.62 Å². The van der Waals surface area contributed by atoms with Crippen LogP contribution in [0.15, 0.2) is 48.5 Å². The van der Waals surface area contributed by atoms with E-state index in [1.165, 1.54) is 12.1 Å². The fraction of sp³-hybridized carbons (Fsp3) is 0.316. The third kappa shape index (κ3) is 5.51. The fourth-order valence-corrected chi connectivity index (χ4v) is 3.99. The Bertz CT molecular complexity index is 885. The molecule has 2 aromatic rings. The van der Waals surface area contributed by atoms with Gasteiger partial charge >= 0.3 is 0 Å². The van der Waals surface area contributed by atoms with Gasteiger partial charge in [-0.25, -0.2) is 12.8 Å². The largest absolute Gasteiger partial charge is 0.380 e. The summed E-state index contributed by atoms with van der Waals surface area (Å²) in [5.41, 5.74) is 1.65. The molecule has 6 nitrogen and oxygen atoms in total. The standard InChI is InChI=1S/C19H23FN2O4S/c1-4-18(19(23)21-16-7-5-6-14(12-16)13-26-2)22(27(3,24)25)17-10-8-15(20)9-11-17/h5-12,18H,4,13H2,1-3H3,(H,21,23)/t18-/m0/s1. The molecule has 1 atom stereocenters. The molecule has 0 aliphatic carbocycles. The SMILES string of the molecule is CC[C@@H](C(=O)Nc1cccc(COC)c1)N(c1ccc(F)cc1)S(C)(=O)=O. The van der Waals surface area contributed by atoms with Crippen LogP contribution in [-0.4, -0.2) is 33.7 Å². The molecule has 0 aliphatic rings. The van der Waals surface area contributed by atoms with Crippen LogP contribution in [0, 0.1) is 5.82 Å². The number of rotatable bonds is 8. The number of hydrogen-bond acceptors (Lipinski definition) is 4. The molecule has 0 aliphatic heterocycles. The van der Waals surface area contributed by atoms with Gasteiger partial charge in [0.05, 0.1) is 18.6 Å². The van der Waals surface area contributed by atoms with Crippen molar-refractivity contribution in [3.63, 3.8) is 0 Å². The Morgan fingerprint density at radius 1 is 1.22 bits per heavy atom. The molecule has 0 aromatic heterocycles. The minimum Gasteiger partial charge on any atom is -0.380 e. The highest BCUT2D eigenvalue weighted by molar-refractivity contribution is 7.92. The number of methoxy groups -OCH3 is 1. The number of anilines is 2. The predicted octanol–water partition coefficient (Wildman–Crippen LogP) is 3.16. The zero-order valence-electron chi connectivity index (χ0n) is 15.5. The second kappa shape index (κ2) is 8.96. The molecule has 1 amide bonds. The second-order valence-corrected chi connectivity index (χ2v) is 7.94. The molecule has 0 heterocycles. The molecule has 0 saturated heterocycles. The number of sulfonamides is 1. The Kier molecular flexibility index (Phi) is 6.92. The maximum atomic E-state index is 13.2. The van der Waals surface area contributed by atoms with Crippen LogP contribution in [0.25, 0.3) is 0 Å². The Morgan fingerprint density at radius 3 is 2.44 bits per heavy atom. The van der Waals surface area contributed by atoms with Crippen molar-refractivity contribution in [2.75, 3.05) is 23.0 Å². The van der Waals surface area contributed by atoms with Gasteiger partial charge in [-0.1, -0.05) is 19.1 Å². The average molecular weight is 394 g/mol. The summed E-state index contributed by atoms with van der Waals surface area (Å²) >= 11 is 0. The first-order chi connectivity index (χ1) is 12.8. The number of hydrogen-bond donors (Lipinski definition) is 1. The highest BCUT2D eigenvalue weighted by Gasteiger charge is 2.31. The van der Waals surface area contributed by atoms with Gasteiger partial charge < -0.3 is 10.1 Å². The average Bonchev–Trinajstić information content (AvgIpc) is 2.60. The van der Waals surface area contributed by atoms with Gasteiger partial charge in [0.1, 0.15) is 11.9 Å². The van der Waals surface area contributed by atoms with Gasteiger partial charge in [0.2, 0.25) is 15.9 Å². The van der Waals surface area contributed by atoms with Gasteiger partial charge in [-0.3, -0.25) is 9.10 Å². The molecule has 1 N–H and O–H groups in total. The van der Waals surface area contributed by atoms with Crippen molar-refractivity contribution >= 4 is 27.3 Å². The summed E-state index contributed by atoms with van der Waals surface area (Å²) in [6.07, 6.45) is 1.26. The molecule has 0 spiro atoms. The summed E-state index contributed by atoms with van der Waals surface area (Å²) in [4.78, 5) is 12.8. The van der Waals surface area contributed by atoms with E-state index in [1.807, 2.05) is 6.07 Å². The van der Waals surface area contributed by atoms with Crippen LogP contribution in [-0.2, 0) is 26.2 Å². The first-order valence-electron chi connectivity index (χ1n) is 8.40. The lowest BCUT2D eigenvalue weighted by Gasteiger charge is -2.30. The summed E-state index contributed by atoms with van der Waals surface area (Å²) in [5, 5.41) is 2.75. The number of nitrogens with one attached hydrogen (secondary N) is 1. The number of amides is 1. The number of carbonyl (C=O) groups excluding carboxylic acids is 1. The third-order valence-corrected chi connectivity index (χ3v) is 5.10. The van der Waals surface area contributed by atoms with E-state index in [4.69, 9.17) is 4.74 Å². The molecule has 0 bridgehead atoms. The highest BCUT2D eigenvalue weighted by Crippen LogP contribution is 2.24. The maximum absolute atomic E-state index is 13.2. The van der Waals surface area contributed by atoms with Crippen molar-refractivity contribution in [3.8, 4) is 0 Å². The van der Waals surface area contributed by atoms with Gasteiger partial charge in [-0.15, -0.1) is 0 Å². The minimum absolute atomic E-state index is 0.231. The van der Waals surface area contributed by atoms with E-state index < -0.39 is 27.8 Å². The van der Waals surface area contributed by atoms with Crippen LogP contribution >= 0.6 is 0 Å². The number of halogens is 1. The lowest BCUT2D eigenvalue weighted by atomic mass is 10.1. The van der Waals surface area contributed by atoms with Crippen molar-refractivity contribution in [1.29, 1.82) is 0 Å². The first-order valence-corrected chi connectivity index (χ1v) is 10.2. The Balaban J connectivity index is 2.32. The Hall–Kier alpha value is -2.45. The molecule has 0 unspecified atom stereocenters. The van der Waals surface area contributed by atoms with Crippen molar-refractivity contribution in [2.45, 2.75) is 26.0 Å². The smallest absolute Gasteiger partial charge is 0.248 e. The minimum atomic E-state index is -3.77. The Labute approximate surface area is 159 Å². The van der Waals surface area contributed by atoms with Crippen molar-refractivity contribution in [1.82, 2.24) is 0 Å². The van der Waals surface area contributed by atoms with Crippen LogP contribution in [0.4, 0.5) is 15.8 Å². The van der Waals surface area contributed by atoms with Crippen molar-refractivity contribution < 1.29 is 22.3 Å². The second-order valence-electron chi connectivity index (χ2n) is 6.08. The van der Waals surface area contributed by atoms with E-state index in [0.29, 0.717) is 12.3 Å². The van der Waals surface area contributed by atoms with Crippen molar-refractivity contribution in [2.24, 2.45) is 0 Å². The lowest BCUT2D eigenvalue weighted by Crippen LogP contribution is -2.47. The lowest BCUT2D eigenvalue weighted by molar-refractivity contribution is -0.117. The van der Waals surface area contributed by atoms with E-state index >= 15 is 0 Å². The van der Waals surface area contributed by atoms with E-state index in [9.17, 15) is 17.6 Å². The molecule has 0 saturated carbocycles. The van der Waals surface area contributed by atoms with Crippen molar-refractivity contribution in [3.05, 3.63) is 59.9 Å². The van der Waals surface area contributed by atoms with Crippen LogP contribution in [0.3, 0.4) is 0 Å². The molecule has 0 radical (unpaired) electrons. The fourth-order valence-electron chi connectivity index (χ4n) is 2.78. The maximum Gasteiger partial charge on any atom is 0.248 e. The van der Waals surface area contributed by atoms with Gasteiger partial charge in [0, 0.05) is 12.8 Å².